The predicted molar refractivity (Wildman–Crippen MR) is 121 cm³/mol. The van der Waals surface area contributed by atoms with Gasteiger partial charge in [0.1, 0.15) is 5.75 Å². The fourth-order valence-corrected chi connectivity index (χ4v) is 3.26. The minimum absolute atomic E-state index is 0.160. The summed E-state index contributed by atoms with van der Waals surface area (Å²) in [5.74, 6) is 0.275. The van der Waals surface area contributed by atoms with E-state index < -0.39 is 6.03 Å². The van der Waals surface area contributed by atoms with E-state index in [9.17, 15) is 14.4 Å². The molecular formula is C22H22N4O4S. The summed E-state index contributed by atoms with van der Waals surface area (Å²) in [4.78, 5) is 36.8. The molecule has 31 heavy (non-hydrogen) atoms. The molecule has 0 fully saturated rings. The number of rotatable bonds is 8. The molecule has 0 unspecified atom stereocenters. The highest BCUT2D eigenvalue weighted by atomic mass is 32.1. The quantitative estimate of drug-likeness (QED) is 0.403. The Hall–Kier alpha value is -3.85. The number of methoxy groups -OCH3 is 1. The number of ether oxygens (including phenoxy) is 1. The molecule has 0 saturated heterocycles. The maximum absolute atomic E-state index is 12.2. The number of anilines is 2. The van der Waals surface area contributed by atoms with E-state index in [2.05, 4.69) is 21.3 Å². The molecule has 1 aromatic heterocycles. The summed E-state index contributed by atoms with van der Waals surface area (Å²) < 4.78 is 5.08. The van der Waals surface area contributed by atoms with Crippen LogP contribution < -0.4 is 26.0 Å². The fourth-order valence-electron chi connectivity index (χ4n) is 2.62. The van der Waals surface area contributed by atoms with Gasteiger partial charge in [0.2, 0.25) is 0 Å². The lowest BCUT2D eigenvalue weighted by Gasteiger charge is -2.09. The van der Waals surface area contributed by atoms with E-state index in [0.717, 1.165) is 0 Å². The summed E-state index contributed by atoms with van der Waals surface area (Å²) in [5, 5.41) is 12.7. The molecule has 3 aromatic rings. The molecule has 160 valence electrons. The van der Waals surface area contributed by atoms with Crippen molar-refractivity contribution in [3.8, 4) is 5.75 Å². The largest absolute Gasteiger partial charge is 0.497 e. The Morgan fingerprint density at radius 1 is 0.806 bits per heavy atom. The third kappa shape index (κ3) is 6.58. The van der Waals surface area contributed by atoms with Crippen LogP contribution >= 0.6 is 11.3 Å². The average molecular weight is 439 g/mol. The lowest BCUT2D eigenvalue weighted by molar-refractivity contribution is 0.0929. The van der Waals surface area contributed by atoms with Crippen LogP contribution in [0.1, 0.15) is 20.0 Å². The van der Waals surface area contributed by atoms with E-state index in [1.54, 1.807) is 61.7 Å². The lowest BCUT2D eigenvalue weighted by atomic mass is 10.2. The molecule has 0 radical (unpaired) electrons. The zero-order valence-corrected chi connectivity index (χ0v) is 17.6. The number of nitrogens with one attached hydrogen (secondary N) is 4. The Bertz CT molecular complexity index is 1020. The summed E-state index contributed by atoms with van der Waals surface area (Å²) in [7, 11) is 1.57. The fraction of sp³-hybridized carbons (Fsp3) is 0.136. The molecule has 2 aromatic carbocycles. The molecule has 8 nitrogen and oxygen atoms in total. The third-order valence-electron chi connectivity index (χ3n) is 4.19. The number of thiophene rings is 1. The molecule has 0 bridgehead atoms. The van der Waals surface area contributed by atoms with E-state index in [4.69, 9.17) is 4.74 Å². The van der Waals surface area contributed by atoms with Gasteiger partial charge in [0.25, 0.3) is 11.8 Å². The molecular weight excluding hydrogens is 416 g/mol. The molecule has 1 heterocycles. The van der Waals surface area contributed by atoms with Crippen LogP contribution in [0, 0.1) is 0 Å². The van der Waals surface area contributed by atoms with Crippen LogP contribution in [0.2, 0.25) is 0 Å². The smallest absolute Gasteiger partial charge is 0.323 e. The van der Waals surface area contributed by atoms with Gasteiger partial charge in [-0.05, 0) is 60.0 Å². The number of urea groups is 1. The van der Waals surface area contributed by atoms with Gasteiger partial charge in [0.05, 0.1) is 12.0 Å². The van der Waals surface area contributed by atoms with Crippen molar-refractivity contribution in [3.63, 3.8) is 0 Å². The van der Waals surface area contributed by atoms with Gasteiger partial charge in [0, 0.05) is 30.0 Å². The van der Waals surface area contributed by atoms with Crippen molar-refractivity contribution >= 4 is 40.6 Å². The van der Waals surface area contributed by atoms with E-state index >= 15 is 0 Å². The molecule has 0 spiro atoms. The van der Waals surface area contributed by atoms with Crippen LogP contribution in [-0.4, -0.2) is 38.0 Å². The third-order valence-corrected chi connectivity index (χ3v) is 5.06. The first-order valence-electron chi connectivity index (χ1n) is 9.47. The molecule has 0 aliphatic heterocycles. The monoisotopic (exact) mass is 438 g/mol. The van der Waals surface area contributed by atoms with Crippen LogP contribution in [-0.2, 0) is 0 Å². The number of carbonyl (C=O) groups excluding carboxylic acids is 3. The van der Waals surface area contributed by atoms with Gasteiger partial charge in [-0.15, -0.1) is 11.3 Å². The molecule has 3 rings (SSSR count). The summed E-state index contributed by atoms with van der Waals surface area (Å²) in [5.41, 5.74) is 1.62. The predicted octanol–water partition coefficient (Wildman–Crippen LogP) is 3.56. The van der Waals surface area contributed by atoms with Gasteiger partial charge in [-0.2, -0.15) is 0 Å². The van der Waals surface area contributed by atoms with Gasteiger partial charge >= 0.3 is 6.03 Å². The number of amides is 4. The first-order chi connectivity index (χ1) is 15.0. The summed E-state index contributed by atoms with van der Waals surface area (Å²) in [6.45, 7) is 0.633. The van der Waals surface area contributed by atoms with E-state index in [-0.39, 0.29) is 11.8 Å². The van der Waals surface area contributed by atoms with Crippen molar-refractivity contribution in [2.75, 3.05) is 30.8 Å². The van der Waals surface area contributed by atoms with Crippen LogP contribution in [0.25, 0.3) is 0 Å². The normalized spacial score (nSPS) is 10.1. The van der Waals surface area contributed by atoms with Crippen molar-refractivity contribution in [1.82, 2.24) is 10.6 Å². The average Bonchev–Trinajstić information content (AvgIpc) is 3.32. The van der Waals surface area contributed by atoms with E-state index in [0.29, 0.717) is 40.7 Å². The highest BCUT2D eigenvalue weighted by molar-refractivity contribution is 7.12. The summed E-state index contributed by atoms with van der Waals surface area (Å²) in [6.07, 6.45) is 0. The SMILES string of the molecule is COc1ccc(NC(=O)Nc2ccc(C(=O)NCCNC(=O)c3cccs3)cc2)cc1. The number of hydrogen-bond donors (Lipinski definition) is 4. The second-order valence-corrected chi connectivity index (χ2v) is 7.32. The standard InChI is InChI=1S/C22H22N4O4S/c1-30-18-10-8-17(9-11-18)26-22(29)25-16-6-4-15(5-7-16)20(27)23-12-13-24-21(28)19-3-2-14-31-19/h2-11,14H,12-13H2,1H3,(H,23,27)(H,24,28)(H2,25,26,29). The van der Waals surface area contributed by atoms with Gasteiger partial charge in [0.15, 0.2) is 0 Å². The topological polar surface area (TPSA) is 109 Å². The minimum Gasteiger partial charge on any atom is -0.497 e. The Balaban J connectivity index is 1.41. The van der Waals surface area contributed by atoms with Crippen LogP contribution in [0.3, 0.4) is 0 Å². The van der Waals surface area contributed by atoms with Crippen molar-refractivity contribution in [1.29, 1.82) is 0 Å². The second kappa shape index (κ2) is 10.8. The van der Waals surface area contributed by atoms with Crippen molar-refractivity contribution in [2.45, 2.75) is 0 Å². The molecule has 9 heteroatoms. The maximum Gasteiger partial charge on any atom is 0.323 e. The first-order valence-corrected chi connectivity index (χ1v) is 10.3. The Labute approximate surface area is 183 Å². The highest BCUT2D eigenvalue weighted by Crippen LogP contribution is 2.16. The summed E-state index contributed by atoms with van der Waals surface area (Å²) >= 11 is 1.36. The van der Waals surface area contributed by atoms with Gasteiger partial charge in [-0.25, -0.2) is 4.79 Å². The molecule has 4 amide bonds. The van der Waals surface area contributed by atoms with Crippen LogP contribution in [0.4, 0.5) is 16.2 Å². The zero-order chi connectivity index (χ0) is 22.1. The van der Waals surface area contributed by atoms with Gasteiger partial charge < -0.3 is 26.0 Å². The number of benzene rings is 2. The Morgan fingerprint density at radius 2 is 1.39 bits per heavy atom. The van der Waals surface area contributed by atoms with Crippen molar-refractivity contribution < 1.29 is 19.1 Å². The van der Waals surface area contributed by atoms with Crippen LogP contribution in [0.5, 0.6) is 5.75 Å². The van der Waals surface area contributed by atoms with Crippen molar-refractivity contribution in [2.24, 2.45) is 0 Å². The second-order valence-electron chi connectivity index (χ2n) is 6.37. The highest BCUT2D eigenvalue weighted by Gasteiger charge is 2.08. The molecule has 0 atom stereocenters. The first kappa shape index (κ1) is 21.8. The lowest BCUT2D eigenvalue weighted by Crippen LogP contribution is -2.34. The number of hydrogen-bond acceptors (Lipinski definition) is 5. The van der Waals surface area contributed by atoms with Gasteiger partial charge in [-0.3, -0.25) is 9.59 Å². The zero-order valence-electron chi connectivity index (χ0n) is 16.8. The van der Waals surface area contributed by atoms with Crippen LogP contribution in [0.15, 0.2) is 66.0 Å². The Kier molecular flexibility index (Phi) is 7.61. The maximum atomic E-state index is 12.2. The Morgan fingerprint density at radius 3 is 1.94 bits per heavy atom. The van der Waals surface area contributed by atoms with Gasteiger partial charge in [-0.1, -0.05) is 6.07 Å². The van der Waals surface area contributed by atoms with E-state index in [1.807, 2.05) is 11.4 Å². The molecule has 0 aliphatic rings. The van der Waals surface area contributed by atoms with Crippen molar-refractivity contribution in [3.05, 3.63) is 76.5 Å². The molecule has 0 saturated carbocycles. The molecule has 4 N–H and O–H groups in total. The molecule has 0 aliphatic carbocycles. The number of carbonyl (C=O) groups is 3. The minimum atomic E-state index is -0.399. The summed E-state index contributed by atoms with van der Waals surface area (Å²) in [6, 6.07) is 16.6. The van der Waals surface area contributed by atoms with E-state index in [1.165, 1.54) is 11.3 Å².